The van der Waals surface area contributed by atoms with E-state index in [4.69, 9.17) is 4.74 Å². The summed E-state index contributed by atoms with van der Waals surface area (Å²) >= 11 is 1.34. The summed E-state index contributed by atoms with van der Waals surface area (Å²) in [5.74, 6) is 1.66. The molecule has 1 heterocycles. The molecule has 162 valence electrons. The molecule has 0 aliphatic carbocycles. The van der Waals surface area contributed by atoms with Gasteiger partial charge in [-0.1, -0.05) is 47.7 Å². The van der Waals surface area contributed by atoms with E-state index in [9.17, 15) is 4.79 Å². The highest BCUT2D eigenvalue weighted by Gasteiger charge is 2.20. The summed E-state index contributed by atoms with van der Waals surface area (Å²) in [6.07, 6.45) is 1.48. The molecule has 2 aromatic carbocycles. The van der Waals surface area contributed by atoms with E-state index in [1.54, 1.807) is 6.08 Å². The van der Waals surface area contributed by atoms with Crippen LogP contribution in [0.15, 0.2) is 60.3 Å². The van der Waals surface area contributed by atoms with Crippen LogP contribution in [0.25, 0.3) is 0 Å². The zero-order valence-electron chi connectivity index (χ0n) is 18.4. The first-order valence-electron chi connectivity index (χ1n) is 10.1. The van der Waals surface area contributed by atoms with Crippen molar-refractivity contribution in [1.82, 2.24) is 14.8 Å². The molecule has 0 spiro atoms. The number of thioether (sulfide) groups is 1. The Morgan fingerprint density at radius 1 is 1.19 bits per heavy atom. The summed E-state index contributed by atoms with van der Waals surface area (Å²) < 4.78 is 8.12. The number of carbonyl (C=O) groups excluding carboxylic acids is 1. The number of aryl methyl sites for hydroxylation is 2. The molecule has 1 unspecified atom stereocenters. The first kappa shape index (κ1) is 22.6. The first-order chi connectivity index (χ1) is 14.9. The van der Waals surface area contributed by atoms with Gasteiger partial charge in [0.15, 0.2) is 17.1 Å². The number of carbonyl (C=O) groups is 1. The number of aromatic nitrogens is 3. The second-order valence-electron chi connectivity index (χ2n) is 7.40. The summed E-state index contributed by atoms with van der Waals surface area (Å²) in [5.41, 5.74) is 4.20. The fourth-order valence-corrected chi connectivity index (χ4v) is 3.82. The minimum atomic E-state index is -0.302. The number of nitrogens with one attached hydrogen (secondary N) is 1. The Morgan fingerprint density at radius 3 is 2.65 bits per heavy atom. The van der Waals surface area contributed by atoms with Crippen molar-refractivity contribution in [2.24, 2.45) is 0 Å². The van der Waals surface area contributed by atoms with E-state index in [0.717, 1.165) is 22.6 Å². The summed E-state index contributed by atoms with van der Waals surface area (Å²) in [7, 11) is 0. The monoisotopic (exact) mass is 436 g/mol. The number of hydrogen-bond donors (Lipinski definition) is 1. The quantitative estimate of drug-likeness (QED) is 0.366. The lowest BCUT2D eigenvalue weighted by molar-refractivity contribution is -0.113. The van der Waals surface area contributed by atoms with Crippen molar-refractivity contribution in [3.8, 4) is 5.75 Å². The summed E-state index contributed by atoms with van der Waals surface area (Å²) in [6.45, 7) is 12.4. The van der Waals surface area contributed by atoms with Gasteiger partial charge in [-0.2, -0.15) is 0 Å². The molecule has 6 nitrogen and oxygen atoms in total. The van der Waals surface area contributed by atoms with Gasteiger partial charge in [-0.25, -0.2) is 0 Å². The van der Waals surface area contributed by atoms with E-state index in [2.05, 4.69) is 35.1 Å². The molecular weight excluding hydrogens is 408 g/mol. The van der Waals surface area contributed by atoms with E-state index in [1.807, 2.05) is 61.7 Å². The van der Waals surface area contributed by atoms with Crippen molar-refractivity contribution in [2.45, 2.75) is 45.5 Å². The molecule has 0 saturated heterocycles. The van der Waals surface area contributed by atoms with Crippen molar-refractivity contribution in [3.63, 3.8) is 0 Å². The van der Waals surface area contributed by atoms with E-state index in [1.165, 1.54) is 17.3 Å². The van der Waals surface area contributed by atoms with Gasteiger partial charge < -0.3 is 10.1 Å². The van der Waals surface area contributed by atoms with Crippen LogP contribution in [0.5, 0.6) is 5.75 Å². The molecule has 0 aliphatic heterocycles. The topological polar surface area (TPSA) is 69.0 Å². The van der Waals surface area contributed by atoms with E-state index in [0.29, 0.717) is 17.5 Å². The molecule has 0 fully saturated rings. The molecular formula is C24H28N4O2S. The molecule has 3 aromatic rings. The third kappa shape index (κ3) is 5.76. The Hall–Kier alpha value is -3.06. The van der Waals surface area contributed by atoms with Gasteiger partial charge in [0.05, 0.1) is 5.75 Å². The van der Waals surface area contributed by atoms with Crippen molar-refractivity contribution < 1.29 is 9.53 Å². The van der Waals surface area contributed by atoms with Crippen molar-refractivity contribution in [2.75, 3.05) is 11.1 Å². The van der Waals surface area contributed by atoms with E-state index < -0.39 is 0 Å². The average molecular weight is 437 g/mol. The van der Waals surface area contributed by atoms with Crippen molar-refractivity contribution in [3.05, 3.63) is 77.6 Å². The van der Waals surface area contributed by atoms with Gasteiger partial charge in [-0.15, -0.1) is 16.8 Å². The molecule has 0 radical (unpaired) electrons. The highest BCUT2D eigenvalue weighted by molar-refractivity contribution is 7.99. The molecule has 3 rings (SSSR count). The molecule has 0 aliphatic rings. The number of nitrogens with zero attached hydrogens (tertiary/aromatic N) is 3. The van der Waals surface area contributed by atoms with Gasteiger partial charge in [-0.3, -0.25) is 9.36 Å². The minimum Gasteiger partial charge on any atom is -0.482 e. The largest absolute Gasteiger partial charge is 0.482 e. The van der Waals surface area contributed by atoms with Gasteiger partial charge in [0.2, 0.25) is 5.91 Å². The molecule has 1 atom stereocenters. The predicted molar refractivity (Wildman–Crippen MR) is 126 cm³/mol. The van der Waals surface area contributed by atoms with Gasteiger partial charge in [0.1, 0.15) is 5.75 Å². The maximum absolute atomic E-state index is 12.4. The molecule has 31 heavy (non-hydrogen) atoms. The fourth-order valence-electron chi connectivity index (χ4n) is 3.07. The van der Waals surface area contributed by atoms with Crippen LogP contribution in [0.2, 0.25) is 0 Å². The average Bonchev–Trinajstić information content (AvgIpc) is 3.14. The Kier molecular flexibility index (Phi) is 7.52. The van der Waals surface area contributed by atoms with Crippen LogP contribution < -0.4 is 10.1 Å². The Bertz CT molecular complexity index is 1060. The second-order valence-corrected chi connectivity index (χ2v) is 8.34. The molecule has 1 amide bonds. The SMILES string of the molecule is C=CCn1c(SCC(=O)Nc2ccc(C)cc2)nnc1C(C)Oc1cccc(C)c1C. The standard InChI is InChI=1S/C24H28N4O2S/c1-6-14-28-23(19(5)30-21-9-7-8-17(3)18(21)4)26-27-24(28)31-15-22(29)25-20-12-10-16(2)11-13-20/h6-13,19H,1,14-15H2,2-5H3,(H,25,29). The van der Waals surface area contributed by atoms with Crippen LogP contribution in [-0.2, 0) is 11.3 Å². The summed E-state index contributed by atoms with van der Waals surface area (Å²) in [4.78, 5) is 12.4. The number of hydrogen-bond acceptors (Lipinski definition) is 5. The third-order valence-corrected chi connectivity index (χ3v) is 5.91. The first-order valence-corrected chi connectivity index (χ1v) is 11.1. The highest BCUT2D eigenvalue weighted by Crippen LogP contribution is 2.28. The normalized spacial score (nSPS) is 11.7. The number of ether oxygens (including phenoxy) is 1. The van der Waals surface area contributed by atoms with Crippen molar-refractivity contribution >= 4 is 23.4 Å². The predicted octanol–water partition coefficient (Wildman–Crippen LogP) is 5.26. The summed E-state index contributed by atoms with van der Waals surface area (Å²) in [5, 5.41) is 12.2. The van der Waals surface area contributed by atoms with Gasteiger partial charge in [0, 0.05) is 12.2 Å². The number of rotatable bonds is 9. The molecule has 0 bridgehead atoms. The second kappa shape index (κ2) is 10.3. The number of anilines is 1. The third-order valence-electron chi connectivity index (χ3n) is 4.95. The smallest absolute Gasteiger partial charge is 0.234 e. The molecule has 7 heteroatoms. The molecule has 0 saturated carbocycles. The van der Waals surface area contributed by atoms with E-state index >= 15 is 0 Å². The zero-order chi connectivity index (χ0) is 22.4. The highest BCUT2D eigenvalue weighted by atomic mass is 32.2. The molecule has 1 N–H and O–H groups in total. The van der Waals surface area contributed by atoms with Crippen molar-refractivity contribution in [1.29, 1.82) is 0 Å². The fraction of sp³-hybridized carbons (Fsp3) is 0.292. The van der Waals surface area contributed by atoms with Gasteiger partial charge >= 0.3 is 0 Å². The van der Waals surface area contributed by atoms with Crippen LogP contribution >= 0.6 is 11.8 Å². The molecule has 1 aromatic heterocycles. The van der Waals surface area contributed by atoms with Crippen LogP contribution in [0, 0.1) is 20.8 Å². The van der Waals surface area contributed by atoms with Crippen LogP contribution in [0.1, 0.15) is 35.5 Å². The number of allylic oxidation sites excluding steroid dienone is 1. The zero-order valence-corrected chi connectivity index (χ0v) is 19.2. The van der Waals surface area contributed by atoms with E-state index in [-0.39, 0.29) is 17.8 Å². The maximum atomic E-state index is 12.4. The van der Waals surface area contributed by atoms with Crippen LogP contribution in [0.4, 0.5) is 5.69 Å². The Balaban J connectivity index is 1.69. The van der Waals surface area contributed by atoms with Gasteiger partial charge in [-0.05, 0) is 57.0 Å². The number of benzene rings is 2. The van der Waals surface area contributed by atoms with Crippen LogP contribution in [-0.4, -0.2) is 26.4 Å². The van der Waals surface area contributed by atoms with Crippen LogP contribution in [0.3, 0.4) is 0 Å². The number of amides is 1. The lowest BCUT2D eigenvalue weighted by Gasteiger charge is -2.18. The Morgan fingerprint density at radius 2 is 1.94 bits per heavy atom. The maximum Gasteiger partial charge on any atom is 0.234 e. The Labute approximate surface area is 187 Å². The summed E-state index contributed by atoms with van der Waals surface area (Å²) in [6, 6.07) is 13.7. The lowest BCUT2D eigenvalue weighted by Crippen LogP contribution is -2.15. The lowest BCUT2D eigenvalue weighted by atomic mass is 10.1. The van der Waals surface area contributed by atoms with Gasteiger partial charge in [0.25, 0.3) is 0 Å². The minimum absolute atomic E-state index is 0.0942.